The van der Waals surface area contributed by atoms with E-state index >= 15 is 0 Å². The first-order chi connectivity index (χ1) is 24.7. The molecule has 9 rings (SSSR count). The van der Waals surface area contributed by atoms with E-state index in [2.05, 4.69) is 94.1 Å². The van der Waals surface area contributed by atoms with E-state index in [1.54, 1.807) is 0 Å². The second-order valence-electron chi connectivity index (χ2n) is 12.3. The molecule has 2 heterocycles. The topological polar surface area (TPSA) is 81.2 Å². The summed E-state index contributed by atoms with van der Waals surface area (Å²) in [5.74, 6) is 0. The molecule has 0 aliphatic heterocycles. The fraction of sp³-hybridized carbons (Fsp3) is 0. The predicted octanol–water partition coefficient (Wildman–Crippen LogP) is 10.8. The molecule has 50 heavy (non-hydrogen) atoms. The van der Waals surface area contributed by atoms with Gasteiger partial charge in [-0.2, -0.15) is 15.8 Å². The Balaban J connectivity index is 1.14. The van der Waals surface area contributed by atoms with E-state index in [-0.39, 0.29) is 0 Å². The minimum atomic E-state index is 0.577. The largest absolute Gasteiger partial charge is 0.309 e. The van der Waals surface area contributed by atoms with Crippen LogP contribution in [0.15, 0.2) is 152 Å². The highest BCUT2D eigenvalue weighted by molar-refractivity contribution is 6.11. The zero-order valence-electron chi connectivity index (χ0n) is 26.7. The highest BCUT2D eigenvalue weighted by Gasteiger charge is 2.18. The maximum absolute atomic E-state index is 10.5. The average molecular weight is 636 g/mol. The minimum Gasteiger partial charge on any atom is -0.309 e. The first-order valence-electron chi connectivity index (χ1n) is 16.3. The Labute approximate surface area is 287 Å². The van der Waals surface area contributed by atoms with Crippen molar-refractivity contribution >= 4 is 43.6 Å². The molecule has 230 valence electrons. The molecule has 9 aromatic rings. The van der Waals surface area contributed by atoms with Gasteiger partial charge >= 0.3 is 0 Å². The summed E-state index contributed by atoms with van der Waals surface area (Å²) in [6.07, 6.45) is 0. The SMILES string of the molecule is N#Cc1ccc2c(c1)c1ccccc1n2-c1ccc(-c2ccc(-c3ccccc3-n3c4ccccc4c4ccc(C#N)cc43)c(C#N)c2)cc1. The standard InChI is InChI=1S/C45H25N5/c46-26-29-14-22-44-40(23-29)38-9-3-4-10-41(38)49(44)34-18-15-31(16-19-34)32-17-21-35(33(25-32)28-48)36-7-1-5-11-42(36)50-43-12-6-2-8-37(43)39-20-13-30(27-47)24-45(39)50/h1-25H. The van der Waals surface area contributed by atoms with Gasteiger partial charge in [-0.05, 0) is 77.9 Å². The molecule has 0 saturated carbocycles. The molecule has 2 aromatic heterocycles. The molecule has 0 amide bonds. The predicted molar refractivity (Wildman–Crippen MR) is 200 cm³/mol. The lowest BCUT2D eigenvalue weighted by molar-refractivity contribution is 1.18. The highest BCUT2D eigenvalue weighted by Crippen LogP contribution is 2.39. The van der Waals surface area contributed by atoms with Crippen molar-refractivity contribution in [2.75, 3.05) is 0 Å². The monoisotopic (exact) mass is 635 g/mol. The molecule has 5 nitrogen and oxygen atoms in total. The fourth-order valence-electron chi connectivity index (χ4n) is 7.37. The van der Waals surface area contributed by atoms with E-state index in [0.717, 1.165) is 77.2 Å². The van der Waals surface area contributed by atoms with Crippen molar-refractivity contribution < 1.29 is 0 Å². The molecule has 0 aliphatic carbocycles. The summed E-state index contributed by atoms with van der Waals surface area (Å²) < 4.78 is 4.43. The third-order valence-corrected chi connectivity index (χ3v) is 9.64. The van der Waals surface area contributed by atoms with Gasteiger partial charge in [-0.1, -0.05) is 84.9 Å². The Morgan fingerprint density at radius 3 is 1.74 bits per heavy atom. The lowest BCUT2D eigenvalue weighted by atomic mass is 9.94. The fourth-order valence-corrected chi connectivity index (χ4v) is 7.37. The van der Waals surface area contributed by atoms with Gasteiger partial charge in [-0.25, -0.2) is 0 Å². The Kier molecular flexibility index (Phi) is 6.56. The second-order valence-corrected chi connectivity index (χ2v) is 12.3. The number of hydrogen-bond donors (Lipinski definition) is 0. The number of nitrogens with zero attached hydrogens (tertiary/aromatic N) is 5. The summed E-state index contributed by atoms with van der Waals surface area (Å²) in [5.41, 5.74) is 11.6. The van der Waals surface area contributed by atoms with Crippen molar-refractivity contribution in [3.63, 3.8) is 0 Å². The van der Waals surface area contributed by atoms with Gasteiger partial charge in [0.1, 0.15) is 0 Å². The number of hydrogen-bond acceptors (Lipinski definition) is 3. The molecule has 0 bridgehead atoms. The molecule has 5 heteroatoms. The lowest BCUT2D eigenvalue weighted by Crippen LogP contribution is -1.98. The molecular weight excluding hydrogens is 611 g/mol. The van der Waals surface area contributed by atoms with Crippen molar-refractivity contribution in [2.45, 2.75) is 0 Å². The Morgan fingerprint density at radius 1 is 0.380 bits per heavy atom. The number of rotatable bonds is 4. The minimum absolute atomic E-state index is 0.577. The zero-order chi connectivity index (χ0) is 33.8. The van der Waals surface area contributed by atoms with Crippen LogP contribution in [0.1, 0.15) is 16.7 Å². The van der Waals surface area contributed by atoms with E-state index in [0.29, 0.717) is 16.7 Å². The van der Waals surface area contributed by atoms with Gasteiger partial charge in [0.15, 0.2) is 0 Å². The lowest BCUT2D eigenvalue weighted by Gasteiger charge is -2.16. The van der Waals surface area contributed by atoms with Gasteiger partial charge in [-0.3, -0.25) is 0 Å². The molecule has 0 fully saturated rings. The zero-order valence-corrected chi connectivity index (χ0v) is 26.7. The summed E-state index contributed by atoms with van der Waals surface area (Å²) in [7, 11) is 0. The van der Waals surface area contributed by atoms with Crippen molar-refractivity contribution in [1.29, 1.82) is 15.8 Å². The van der Waals surface area contributed by atoms with Gasteiger partial charge in [-0.15, -0.1) is 0 Å². The summed E-state index contributed by atoms with van der Waals surface area (Å²) in [5, 5.41) is 34.0. The number of para-hydroxylation sites is 3. The first-order valence-corrected chi connectivity index (χ1v) is 16.3. The third-order valence-electron chi connectivity index (χ3n) is 9.64. The van der Waals surface area contributed by atoms with E-state index in [1.807, 2.05) is 84.9 Å². The Morgan fingerprint density at radius 2 is 0.980 bits per heavy atom. The van der Waals surface area contributed by atoms with Crippen LogP contribution in [-0.2, 0) is 0 Å². The van der Waals surface area contributed by atoms with Crippen LogP contribution in [0.4, 0.5) is 0 Å². The van der Waals surface area contributed by atoms with Gasteiger partial charge in [0.05, 0.1) is 62.7 Å². The van der Waals surface area contributed by atoms with Crippen LogP contribution in [0, 0.1) is 34.0 Å². The highest BCUT2D eigenvalue weighted by atomic mass is 15.0. The summed E-state index contributed by atoms with van der Waals surface area (Å²) in [4.78, 5) is 0. The van der Waals surface area contributed by atoms with Crippen molar-refractivity contribution in [1.82, 2.24) is 9.13 Å². The maximum Gasteiger partial charge on any atom is 0.0998 e. The van der Waals surface area contributed by atoms with E-state index in [1.165, 1.54) is 0 Å². The van der Waals surface area contributed by atoms with Gasteiger partial charge in [0.25, 0.3) is 0 Å². The van der Waals surface area contributed by atoms with Crippen molar-refractivity contribution in [3.8, 4) is 51.8 Å². The van der Waals surface area contributed by atoms with E-state index in [9.17, 15) is 15.8 Å². The molecule has 0 aliphatic rings. The van der Waals surface area contributed by atoms with Crippen LogP contribution < -0.4 is 0 Å². The van der Waals surface area contributed by atoms with Crippen LogP contribution in [0.2, 0.25) is 0 Å². The Bertz CT molecular complexity index is 2960. The molecule has 0 radical (unpaired) electrons. The van der Waals surface area contributed by atoms with Crippen LogP contribution >= 0.6 is 0 Å². The second kappa shape index (κ2) is 11.4. The van der Waals surface area contributed by atoms with E-state index in [4.69, 9.17) is 0 Å². The molecule has 0 spiro atoms. The van der Waals surface area contributed by atoms with Crippen LogP contribution in [-0.4, -0.2) is 9.13 Å². The number of aromatic nitrogens is 2. The van der Waals surface area contributed by atoms with Gasteiger partial charge in [0, 0.05) is 38.4 Å². The third kappa shape index (κ3) is 4.38. The number of nitriles is 3. The quantitative estimate of drug-likeness (QED) is 0.193. The summed E-state index contributed by atoms with van der Waals surface area (Å²) >= 11 is 0. The normalized spacial score (nSPS) is 11.1. The van der Waals surface area contributed by atoms with Crippen LogP contribution in [0.25, 0.3) is 77.2 Å². The number of fused-ring (bicyclic) bond motifs is 6. The first kappa shape index (κ1) is 28.8. The Hall–Kier alpha value is -7.39. The molecule has 0 unspecified atom stereocenters. The molecule has 0 N–H and O–H groups in total. The molecular formula is C45H25N5. The smallest absolute Gasteiger partial charge is 0.0998 e. The molecule has 7 aromatic carbocycles. The van der Waals surface area contributed by atoms with E-state index < -0.39 is 0 Å². The van der Waals surface area contributed by atoms with Gasteiger partial charge < -0.3 is 9.13 Å². The summed E-state index contributed by atoms with van der Waals surface area (Å²) in [6, 6.07) is 57.8. The maximum atomic E-state index is 10.5. The van der Waals surface area contributed by atoms with Gasteiger partial charge in [0.2, 0.25) is 0 Å². The average Bonchev–Trinajstić information content (AvgIpc) is 3.69. The van der Waals surface area contributed by atoms with Crippen LogP contribution in [0.5, 0.6) is 0 Å². The molecule has 0 saturated heterocycles. The van der Waals surface area contributed by atoms with Crippen LogP contribution in [0.3, 0.4) is 0 Å². The van der Waals surface area contributed by atoms with Crippen molar-refractivity contribution in [2.24, 2.45) is 0 Å². The van der Waals surface area contributed by atoms with Crippen molar-refractivity contribution in [3.05, 3.63) is 168 Å². The molecule has 0 atom stereocenters. The summed E-state index contributed by atoms with van der Waals surface area (Å²) in [6.45, 7) is 0. The number of benzene rings is 7.